The summed E-state index contributed by atoms with van der Waals surface area (Å²) < 4.78 is 5.39. The van der Waals surface area contributed by atoms with Gasteiger partial charge in [0.2, 0.25) is 0 Å². The summed E-state index contributed by atoms with van der Waals surface area (Å²) in [5.74, 6) is 0.932. The third-order valence-electron chi connectivity index (χ3n) is 2.71. The molecule has 3 nitrogen and oxygen atoms in total. The fraction of sp³-hybridized carbons (Fsp3) is 0.455. The fourth-order valence-electron chi connectivity index (χ4n) is 1.64. The van der Waals surface area contributed by atoms with Crippen LogP contribution >= 0.6 is 0 Å². The van der Waals surface area contributed by atoms with E-state index in [1.165, 1.54) is 0 Å². The molecule has 1 unspecified atom stereocenters. The molecule has 0 amide bonds. The van der Waals surface area contributed by atoms with Crippen molar-refractivity contribution in [2.24, 2.45) is 5.73 Å². The molecule has 76 valence electrons. The van der Waals surface area contributed by atoms with E-state index in [0.717, 1.165) is 29.9 Å². The highest BCUT2D eigenvalue weighted by atomic mass is 16.5. The molecule has 14 heavy (non-hydrogen) atoms. The molecule has 0 saturated heterocycles. The summed E-state index contributed by atoms with van der Waals surface area (Å²) in [6.45, 7) is 2.70. The van der Waals surface area contributed by atoms with Crippen LogP contribution in [0.3, 0.4) is 0 Å². The van der Waals surface area contributed by atoms with Crippen LogP contribution in [0.5, 0.6) is 5.75 Å². The molecule has 1 aliphatic rings. The number of hydrogen-bond acceptors (Lipinski definition) is 3. The van der Waals surface area contributed by atoms with Crippen molar-refractivity contribution in [1.29, 1.82) is 0 Å². The van der Waals surface area contributed by atoms with Gasteiger partial charge in [0.05, 0.1) is 12.2 Å². The van der Waals surface area contributed by atoms with E-state index in [2.05, 4.69) is 0 Å². The van der Waals surface area contributed by atoms with Crippen molar-refractivity contribution >= 4 is 0 Å². The molecule has 0 aromatic heterocycles. The SMILES string of the molecule is CC(O)(CN)c1ccc2c(c1)CCO2. The molecule has 0 saturated carbocycles. The number of ether oxygens (including phenoxy) is 1. The number of benzene rings is 1. The summed E-state index contributed by atoms with van der Waals surface area (Å²) in [6.07, 6.45) is 0.920. The van der Waals surface area contributed by atoms with Crippen molar-refractivity contribution in [3.8, 4) is 5.75 Å². The Balaban J connectivity index is 2.38. The lowest BCUT2D eigenvalue weighted by molar-refractivity contribution is 0.0667. The Morgan fingerprint density at radius 2 is 2.36 bits per heavy atom. The topological polar surface area (TPSA) is 55.5 Å². The molecule has 0 fully saturated rings. The molecule has 0 bridgehead atoms. The van der Waals surface area contributed by atoms with Crippen LogP contribution in [0.4, 0.5) is 0 Å². The minimum Gasteiger partial charge on any atom is -0.493 e. The lowest BCUT2D eigenvalue weighted by Gasteiger charge is -2.22. The Morgan fingerprint density at radius 1 is 1.57 bits per heavy atom. The van der Waals surface area contributed by atoms with E-state index in [-0.39, 0.29) is 6.54 Å². The average molecular weight is 193 g/mol. The molecule has 1 aromatic carbocycles. The number of fused-ring (bicyclic) bond motifs is 1. The van der Waals surface area contributed by atoms with Crippen LogP contribution in [0, 0.1) is 0 Å². The molecule has 0 spiro atoms. The minimum atomic E-state index is -0.933. The van der Waals surface area contributed by atoms with Gasteiger partial charge in [-0.15, -0.1) is 0 Å². The lowest BCUT2D eigenvalue weighted by atomic mass is 9.94. The minimum absolute atomic E-state index is 0.229. The third kappa shape index (κ3) is 1.49. The van der Waals surface area contributed by atoms with Crippen LogP contribution in [0.2, 0.25) is 0 Å². The molecule has 1 aromatic rings. The highest BCUT2D eigenvalue weighted by Gasteiger charge is 2.23. The van der Waals surface area contributed by atoms with Gasteiger partial charge >= 0.3 is 0 Å². The summed E-state index contributed by atoms with van der Waals surface area (Å²) in [4.78, 5) is 0. The predicted octanol–water partition coefficient (Wildman–Crippen LogP) is 0.788. The third-order valence-corrected chi connectivity index (χ3v) is 2.71. The Bertz CT molecular complexity index is 347. The van der Waals surface area contributed by atoms with Gasteiger partial charge in [0.15, 0.2) is 0 Å². The van der Waals surface area contributed by atoms with Crippen molar-refractivity contribution < 1.29 is 9.84 Å². The molecule has 0 aliphatic carbocycles. The van der Waals surface area contributed by atoms with E-state index in [1.807, 2.05) is 18.2 Å². The van der Waals surface area contributed by atoms with Crippen molar-refractivity contribution in [1.82, 2.24) is 0 Å². The molecule has 0 radical (unpaired) electrons. The summed E-state index contributed by atoms with van der Waals surface area (Å²) in [6, 6.07) is 5.76. The molecular weight excluding hydrogens is 178 g/mol. The molecule has 1 aliphatic heterocycles. The van der Waals surface area contributed by atoms with E-state index in [0.29, 0.717) is 0 Å². The number of nitrogens with two attached hydrogens (primary N) is 1. The van der Waals surface area contributed by atoms with Gasteiger partial charge in [-0.25, -0.2) is 0 Å². The Hall–Kier alpha value is -1.06. The zero-order valence-electron chi connectivity index (χ0n) is 8.29. The highest BCUT2D eigenvalue weighted by molar-refractivity contribution is 5.41. The van der Waals surface area contributed by atoms with Gasteiger partial charge in [-0.3, -0.25) is 0 Å². The maximum absolute atomic E-state index is 9.96. The van der Waals surface area contributed by atoms with Crippen molar-refractivity contribution in [2.45, 2.75) is 18.9 Å². The fourth-order valence-corrected chi connectivity index (χ4v) is 1.64. The summed E-state index contributed by atoms with van der Waals surface area (Å²) in [5, 5.41) is 9.96. The Morgan fingerprint density at radius 3 is 3.07 bits per heavy atom. The van der Waals surface area contributed by atoms with Crippen LogP contribution in [0.15, 0.2) is 18.2 Å². The molecule has 2 rings (SSSR count). The van der Waals surface area contributed by atoms with E-state index in [4.69, 9.17) is 10.5 Å². The van der Waals surface area contributed by atoms with Crippen LogP contribution in [0.1, 0.15) is 18.1 Å². The van der Waals surface area contributed by atoms with Gasteiger partial charge in [0.25, 0.3) is 0 Å². The van der Waals surface area contributed by atoms with Crippen LogP contribution in [-0.4, -0.2) is 18.3 Å². The van der Waals surface area contributed by atoms with Crippen LogP contribution < -0.4 is 10.5 Å². The van der Waals surface area contributed by atoms with Crippen LogP contribution in [-0.2, 0) is 12.0 Å². The molecule has 3 heteroatoms. The predicted molar refractivity (Wildman–Crippen MR) is 54.3 cm³/mol. The molecule has 3 N–H and O–H groups in total. The first-order valence-corrected chi connectivity index (χ1v) is 4.82. The Kier molecular flexibility index (Phi) is 2.21. The maximum atomic E-state index is 9.96. The first-order chi connectivity index (χ1) is 6.63. The zero-order chi connectivity index (χ0) is 10.2. The van der Waals surface area contributed by atoms with Crippen molar-refractivity contribution in [3.05, 3.63) is 29.3 Å². The number of hydrogen-bond donors (Lipinski definition) is 2. The number of rotatable bonds is 2. The van der Waals surface area contributed by atoms with Gasteiger partial charge < -0.3 is 15.6 Å². The first-order valence-electron chi connectivity index (χ1n) is 4.82. The molecule has 1 heterocycles. The average Bonchev–Trinajstić information content (AvgIpc) is 2.64. The summed E-state index contributed by atoms with van der Waals surface area (Å²) >= 11 is 0. The summed E-state index contributed by atoms with van der Waals surface area (Å²) in [7, 11) is 0. The first kappa shape index (κ1) is 9.49. The van der Waals surface area contributed by atoms with E-state index < -0.39 is 5.60 Å². The zero-order valence-corrected chi connectivity index (χ0v) is 8.29. The van der Waals surface area contributed by atoms with Gasteiger partial charge in [0.1, 0.15) is 5.75 Å². The van der Waals surface area contributed by atoms with Gasteiger partial charge in [-0.1, -0.05) is 6.07 Å². The van der Waals surface area contributed by atoms with Gasteiger partial charge in [-0.05, 0) is 30.2 Å². The molecular formula is C11H15NO2. The Labute approximate surface area is 83.5 Å². The van der Waals surface area contributed by atoms with Crippen LogP contribution in [0.25, 0.3) is 0 Å². The van der Waals surface area contributed by atoms with Crippen molar-refractivity contribution in [3.63, 3.8) is 0 Å². The second-order valence-electron chi connectivity index (χ2n) is 3.90. The number of aliphatic hydroxyl groups is 1. The second-order valence-corrected chi connectivity index (χ2v) is 3.90. The van der Waals surface area contributed by atoms with E-state index >= 15 is 0 Å². The standard InChI is InChI=1S/C11H15NO2/c1-11(13,7-12)9-2-3-10-8(6-9)4-5-14-10/h2-3,6,13H,4-5,7,12H2,1H3. The maximum Gasteiger partial charge on any atom is 0.122 e. The monoisotopic (exact) mass is 193 g/mol. The molecule has 1 atom stereocenters. The van der Waals surface area contributed by atoms with Gasteiger partial charge in [0, 0.05) is 13.0 Å². The summed E-state index contributed by atoms with van der Waals surface area (Å²) in [5.41, 5.74) is 6.60. The van der Waals surface area contributed by atoms with Crippen molar-refractivity contribution in [2.75, 3.05) is 13.2 Å². The van der Waals surface area contributed by atoms with Gasteiger partial charge in [-0.2, -0.15) is 0 Å². The quantitative estimate of drug-likeness (QED) is 0.730. The van der Waals surface area contributed by atoms with E-state index in [1.54, 1.807) is 6.92 Å². The highest BCUT2D eigenvalue weighted by Crippen LogP contribution is 2.29. The smallest absolute Gasteiger partial charge is 0.122 e. The largest absolute Gasteiger partial charge is 0.493 e. The van der Waals surface area contributed by atoms with E-state index in [9.17, 15) is 5.11 Å². The second kappa shape index (κ2) is 3.26. The lowest BCUT2D eigenvalue weighted by Crippen LogP contribution is -2.31. The normalized spacial score (nSPS) is 18.5.